The molecule has 0 saturated carbocycles. The van der Waals surface area contributed by atoms with E-state index >= 15 is 0 Å². The van der Waals surface area contributed by atoms with E-state index in [0.29, 0.717) is 33.9 Å². The summed E-state index contributed by atoms with van der Waals surface area (Å²) in [5.74, 6) is 1.69. The van der Waals surface area contributed by atoms with Crippen molar-refractivity contribution in [1.29, 1.82) is 0 Å². The number of methoxy groups -OCH3 is 2. The number of carbonyl (C=O) groups excluding carboxylic acids is 1. The third kappa shape index (κ3) is 4.53. The molecule has 0 bridgehead atoms. The van der Waals surface area contributed by atoms with Gasteiger partial charge in [-0.3, -0.25) is 14.5 Å². The zero-order valence-electron chi connectivity index (χ0n) is 16.9. The number of nitrogens with zero attached hydrogens (tertiary/aromatic N) is 5. The molecule has 3 heterocycles. The number of benzene rings is 1. The van der Waals surface area contributed by atoms with Gasteiger partial charge in [-0.2, -0.15) is 0 Å². The summed E-state index contributed by atoms with van der Waals surface area (Å²) in [6.45, 7) is 0. The fraction of sp³-hybridized carbons (Fsp3) is 0.143. The van der Waals surface area contributed by atoms with Crippen LogP contribution in [0.1, 0.15) is 0 Å². The maximum Gasteiger partial charge on any atom is 0.234 e. The van der Waals surface area contributed by atoms with Crippen LogP contribution in [0, 0.1) is 0 Å². The molecule has 4 rings (SSSR count). The molecule has 10 heteroatoms. The van der Waals surface area contributed by atoms with E-state index < -0.39 is 0 Å². The Morgan fingerprint density at radius 3 is 2.55 bits per heavy atom. The third-order valence-electron chi connectivity index (χ3n) is 4.33. The largest absolute Gasteiger partial charge is 0.493 e. The standard InChI is InChI=1S/C21H20N6O3S/c1-29-17-9-8-15(13-18(17)30-2)23-19(28)14-31-21-25-24-20(16-7-3-4-10-22-16)27(21)26-11-5-6-12-26/h3-13H,14H2,1-2H3,(H,23,28). The molecule has 0 aliphatic rings. The summed E-state index contributed by atoms with van der Waals surface area (Å²) in [5, 5.41) is 12.0. The fourth-order valence-corrected chi connectivity index (χ4v) is 3.65. The molecular weight excluding hydrogens is 416 g/mol. The van der Waals surface area contributed by atoms with Gasteiger partial charge in [0.1, 0.15) is 5.69 Å². The van der Waals surface area contributed by atoms with E-state index in [2.05, 4.69) is 20.5 Å². The Bertz CT molecular complexity index is 1160. The van der Waals surface area contributed by atoms with Crippen molar-refractivity contribution < 1.29 is 14.3 Å². The molecule has 0 radical (unpaired) electrons. The van der Waals surface area contributed by atoms with Gasteiger partial charge in [0.2, 0.25) is 16.9 Å². The highest BCUT2D eigenvalue weighted by atomic mass is 32.2. The Kier molecular flexibility index (Phi) is 6.18. The van der Waals surface area contributed by atoms with Gasteiger partial charge < -0.3 is 14.8 Å². The van der Waals surface area contributed by atoms with Crippen LogP contribution < -0.4 is 14.8 Å². The van der Waals surface area contributed by atoms with Gasteiger partial charge in [0.25, 0.3) is 0 Å². The monoisotopic (exact) mass is 436 g/mol. The van der Waals surface area contributed by atoms with Crippen LogP contribution in [0.25, 0.3) is 11.5 Å². The number of pyridine rings is 1. The highest BCUT2D eigenvalue weighted by molar-refractivity contribution is 7.99. The summed E-state index contributed by atoms with van der Waals surface area (Å²) in [7, 11) is 3.11. The summed E-state index contributed by atoms with van der Waals surface area (Å²) in [5.41, 5.74) is 1.30. The Labute approximate surface area is 183 Å². The molecular formula is C21H20N6O3S. The van der Waals surface area contributed by atoms with Crippen molar-refractivity contribution in [1.82, 2.24) is 24.5 Å². The molecule has 3 aromatic heterocycles. The van der Waals surface area contributed by atoms with Crippen molar-refractivity contribution in [2.45, 2.75) is 5.16 Å². The van der Waals surface area contributed by atoms with Crippen LogP contribution in [0.4, 0.5) is 5.69 Å². The molecule has 0 atom stereocenters. The Balaban J connectivity index is 1.51. The summed E-state index contributed by atoms with van der Waals surface area (Å²) >= 11 is 1.28. The maximum atomic E-state index is 12.5. The lowest BCUT2D eigenvalue weighted by molar-refractivity contribution is -0.113. The topological polar surface area (TPSA) is 96.1 Å². The molecule has 4 aromatic rings. The summed E-state index contributed by atoms with van der Waals surface area (Å²) in [6.07, 6.45) is 5.46. The van der Waals surface area contributed by atoms with E-state index in [0.717, 1.165) is 0 Å². The van der Waals surface area contributed by atoms with Gasteiger partial charge in [-0.05, 0) is 36.4 Å². The molecule has 1 aromatic carbocycles. The Hall–Kier alpha value is -3.79. The normalized spacial score (nSPS) is 10.6. The predicted octanol–water partition coefficient (Wildman–Crippen LogP) is 3.20. The number of nitrogens with one attached hydrogen (secondary N) is 1. The first-order chi connectivity index (χ1) is 15.2. The number of hydrogen-bond acceptors (Lipinski definition) is 7. The zero-order chi connectivity index (χ0) is 21.6. The number of aromatic nitrogens is 5. The molecule has 1 N–H and O–H groups in total. The maximum absolute atomic E-state index is 12.5. The van der Waals surface area contributed by atoms with E-state index in [1.807, 2.05) is 52.1 Å². The molecule has 31 heavy (non-hydrogen) atoms. The Morgan fingerprint density at radius 2 is 1.84 bits per heavy atom. The lowest BCUT2D eigenvalue weighted by atomic mass is 10.2. The van der Waals surface area contributed by atoms with Gasteiger partial charge in [-0.1, -0.05) is 17.8 Å². The first kappa shape index (κ1) is 20.5. The predicted molar refractivity (Wildman–Crippen MR) is 117 cm³/mol. The van der Waals surface area contributed by atoms with Gasteiger partial charge in [0.05, 0.1) is 20.0 Å². The first-order valence-corrected chi connectivity index (χ1v) is 10.3. The zero-order valence-corrected chi connectivity index (χ0v) is 17.7. The van der Waals surface area contributed by atoms with Crippen LogP contribution in [0.15, 0.2) is 72.3 Å². The smallest absolute Gasteiger partial charge is 0.234 e. The van der Waals surface area contributed by atoms with Crippen molar-refractivity contribution in [3.63, 3.8) is 0 Å². The minimum absolute atomic E-state index is 0.149. The first-order valence-electron chi connectivity index (χ1n) is 9.34. The van der Waals surface area contributed by atoms with E-state index in [-0.39, 0.29) is 11.7 Å². The minimum atomic E-state index is -0.182. The molecule has 0 spiro atoms. The van der Waals surface area contributed by atoms with Crippen molar-refractivity contribution >= 4 is 23.4 Å². The average Bonchev–Trinajstić information content (AvgIpc) is 3.47. The number of thioether (sulfide) groups is 1. The van der Waals surface area contributed by atoms with E-state index in [1.54, 1.807) is 38.6 Å². The van der Waals surface area contributed by atoms with Crippen molar-refractivity contribution in [3.05, 3.63) is 67.1 Å². The van der Waals surface area contributed by atoms with Gasteiger partial charge in [0, 0.05) is 30.3 Å². The van der Waals surface area contributed by atoms with Crippen LogP contribution in [0.2, 0.25) is 0 Å². The number of anilines is 1. The van der Waals surface area contributed by atoms with Gasteiger partial charge in [-0.15, -0.1) is 10.2 Å². The Morgan fingerprint density at radius 1 is 1.03 bits per heavy atom. The van der Waals surface area contributed by atoms with Gasteiger partial charge in [0.15, 0.2) is 11.5 Å². The number of carbonyl (C=O) groups is 1. The highest BCUT2D eigenvalue weighted by Gasteiger charge is 2.18. The second kappa shape index (κ2) is 9.35. The van der Waals surface area contributed by atoms with E-state index in [1.165, 1.54) is 11.8 Å². The minimum Gasteiger partial charge on any atom is -0.493 e. The van der Waals surface area contributed by atoms with Crippen LogP contribution in [0.5, 0.6) is 11.5 Å². The van der Waals surface area contributed by atoms with Gasteiger partial charge >= 0.3 is 0 Å². The van der Waals surface area contributed by atoms with Gasteiger partial charge in [-0.25, -0.2) is 4.68 Å². The lowest BCUT2D eigenvalue weighted by Crippen LogP contribution is -2.16. The molecule has 0 aliphatic heterocycles. The van der Waals surface area contributed by atoms with E-state index in [4.69, 9.17) is 9.47 Å². The van der Waals surface area contributed by atoms with E-state index in [9.17, 15) is 4.79 Å². The molecule has 0 aliphatic carbocycles. The van der Waals surface area contributed by atoms with Crippen molar-refractivity contribution in [3.8, 4) is 23.0 Å². The second-order valence-electron chi connectivity index (χ2n) is 6.30. The second-order valence-corrected chi connectivity index (χ2v) is 7.25. The molecule has 0 saturated heterocycles. The van der Waals surface area contributed by atoms with Crippen LogP contribution in [-0.2, 0) is 4.79 Å². The van der Waals surface area contributed by atoms with Crippen LogP contribution >= 0.6 is 11.8 Å². The average molecular weight is 436 g/mol. The highest BCUT2D eigenvalue weighted by Crippen LogP contribution is 2.30. The molecule has 158 valence electrons. The molecule has 9 nitrogen and oxygen atoms in total. The van der Waals surface area contributed by atoms with Crippen molar-refractivity contribution in [2.24, 2.45) is 0 Å². The summed E-state index contributed by atoms with van der Waals surface area (Å²) in [4.78, 5) is 16.9. The molecule has 0 unspecified atom stereocenters. The fourth-order valence-electron chi connectivity index (χ4n) is 2.92. The SMILES string of the molecule is COc1ccc(NC(=O)CSc2nnc(-c3ccccn3)n2-n2cccc2)cc1OC. The quantitative estimate of drug-likeness (QED) is 0.424. The van der Waals surface area contributed by atoms with Crippen LogP contribution in [-0.4, -0.2) is 50.4 Å². The van der Waals surface area contributed by atoms with Crippen molar-refractivity contribution in [2.75, 3.05) is 25.3 Å². The third-order valence-corrected chi connectivity index (χ3v) is 5.24. The number of hydrogen-bond donors (Lipinski definition) is 1. The number of ether oxygens (including phenoxy) is 2. The molecule has 0 fully saturated rings. The number of amides is 1. The molecule has 1 amide bonds. The lowest BCUT2D eigenvalue weighted by Gasteiger charge is -2.12. The summed E-state index contributed by atoms with van der Waals surface area (Å²) in [6, 6.07) is 14.6. The summed E-state index contributed by atoms with van der Waals surface area (Å²) < 4.78 is 14.2. The van der Waals surface area contributed by atoms with Crippen LogP contribution in [0.3, 0.4) is 0 Å². The number of rotatable bonds is 8.